The van der Waals surface area contributed by atoms with E-state index in [-0.39, 0.29) is 17.3 Å². The molecule has 0 aliphatic rings. The van der Waals surface area contributed by atoms with E-state index in [1.165, 1.54) is 12.1 Å². The number of hydrogen-bond acceptors (Lipinski definition) is 2. The van der Waals surface area contributed by atoms with Crippen LogP contribution in [0.5, 0.6) is 0 Å². The first-order chi connectivity index (χ1) is 7.34. The van der Waals surface area contributed by atoms with Gasteiger partial charge in [-0.05, 0) is 35.6 Å². The number of hydrazine groups is 1. The molecule has 1 atom stereocenters. The van der Waals surface area contributed by atoms with Crippen LogP contribution in [-0.4, -0.2) is 6.04 Å². The Labute approximate surface area is 101 Å². The van der Waals surface area contributed by atoms with Crippen LogP contribution < -0.4 is 11.3 Å². The number of rotatable bonds is 3. The molecule has 0 saturated carbocycles. The van der Waals surface area contributed by atoms with Gasteiger partial charge in [-0.25, -0.2) is 4.39 Å². The average Bonchev–Trinajstić information content (AvgIpc) is 2.17. The molecule has 16 heavy (non-hydrogen) atoms. The van der Waals surface area contributed by atoms with Crippen molar-refractivity contribution in [1.82, 2.24) is 5.43 Å². The van der Waals surface area contributed by atoms with Gasteiger partial charge in [0.15, 0.2) is 0 Å². The molecule has 0 bridgehead atoms. The molecule has 4 heteroatoms. The van der Waals surface area contributed by atoms with Gasteiger partial charge in [-0.2, -0.15) is 0 Å². The van der Waals surface area contributed by atoms with Crippen LogP contribution in [0.2, 0.25) is 5.02 Å². The fraction of sp³-hybridized carbons (Fsp3) is 0.500. The Morgan fingerprint density at radius 3 is 2.56 bits per heavy atom. The standard InChI is InChI=1S/C12H18ClFN2/c1-12(2,3)11(16-15)7-8-6-9(14)4-5-10(8)13/h4-6,11,16H,7,15H2,1-3H3. The monoisotopic (exact) mass is 244 g/mol. The van der Waals surface area contributed by atoms with E-state index in [9.17, 15) is 4.39 Å². The van der Waals surface area contributed by atoms with E-state index in [1.807, 2.05) is 0 Å². The summed E-state index contributed by atoms with van der Waals surface area (Å²) in [5.74, 6) is 5.23. The molecule has 0 saturated heterocycles. The summed E-state index contributed by atoms with van der Waals surface area (Å²) in [7, 11) is 0. The van der Waals surface area contributed by atoms with Crippen molar-refractivity contribution in [1.29, 1.82) is 0 Å². The highest BCUT2D eigenvalue weighted by molar-refractivity contribution is 6.31. The summed E-state index contributed by atoms with van der Waals surface area (Å²) in [6.07, 6.45) is 0.608. The smallest absolute Gasteiger partial charge is 0.123 e. The Hall–Kier alpha value is -0.640. The molecule has 0 aliphatic carbocycles. The van der Waals surface area contributed by atoms with Gasteiger partial charge in [-0.3, -0.25) is 11.3 Å². The highest BCUT2D eigenvalue weighted by atomic mass is 35.5. The molecule has 1 unspecified atom stereocenters. The third-order valence-electron chi connectivity index (χ3n) is 2.68. The van der Waals surface area contributed by atoms with E-state index >= 15 is 0 Å². The summed E-state index contributed by atoms with van der Waals surface area (Å²) in [6, 6.07) is 4.43. The van der Waals surface area contributed by atoms with Crippen molar-refractivity contribution in [3.05, 3.63) is 34.6 Å². The van der Waals surface area contributed by atoms with Crippen LogP contribution >= 0.6 is 11.6 Å². The zero-order valence-electron chi connectivity index (χ0n) is 9.85. The molecule has 1 aromatic carbocycles. The minimum atomic E-state index is -0.274. The minimum absolute atomic E-state index is 0.00953. The van der Waals surface area contributed by atoms with Crippen molar-refractivity contribution in [3.8, 4) is 0 Å². The van der Waals surface area contributed by atoms with Gasteiger partial charge in [0.1, 0.15) is 5.82 Å². The molecule has 0 spiro atoms. The van der Waals surface area contributed by atoms with Crippen LogP contribution in [0, 0.1) is 11.2 Å². The lowest BCUT2D eigenvalue weighted by Gasteiger charge is -2.30. The number of halogens is 2. The summed E-state index contributed by atoms with van der Waals surface area (Å²) < 4.78 is 13.1. The van der Waals surface area contributed by atoms with Crippen LogP contribution in [0.15, 0.2) is 18.2 Å². The predicted octanol–water partition coefficient (Wildman–Crippen LogP) is 2.90. The minimum Gasteiger partial charge on any atom is -0.271 e. The largest absolute Gasteiger partial charge is 0.271 e. The SMILES string of the molecule is CC(C)(C)C(Cc1cc(F)ccc1Cl)NN. The molecule has 0 fully saturated rings. The van der Waals surface area contributed by atoms with Gasteiger partial charge in [-0.15, -0.1) is 0 Å². The molecule has 1 rings (SSSR count). The second-order valence-corrected chi connectivity index (χ2v) is 5.43. The first-order valence-electron chi connectivity index (χ1n) is 5.24. The first-order valence-corrected chi connectivity index (χ1v) is 5.62. The van der Waals surface area contributed by atoms with Crippen molar-refractivity contribution in [2.45, 2.75) is 33.2 Å². The van der Waals surface area contributed by atoms with Gasteiger partial charge in [0, 0.05) is 11.1 Å². The molecule has 0 radical (unpaired) electrons. The fourth-order valence-electron chi connectivity index (χ4n) is 1.53. The van der Waals surface area contributed by atoms with E-state index in [1.54, 1.807) is 6.07 Å². The van der Waals surface area contributed by atoms with E-state index < -0.39 is 0 Å². The zero-order valence-corrected chi connectivity index (χ0v) is 10.6. The van der Waals surface area contributed by atoms with Crippen molar-refractivity contribution < 1.29 is 4.39 Å². The fourth-order valence-corrected chi connectivity index (χ4v) is 1.73. The van der Waals surface area contributed by atoms with Gasteiger partial charge >= 0.3 is 0 Å². The van der Waals surface area contributed by atoms with Crippen molar-refractivity contribution >= 4 is 11.6 Å². The summed E-state index contributed by atoms with van der Waals surface area (Å²) in [6.45, 7) is 6.22. The predicted molar refractivity (Wildman–Crippen MR) is 65.7 cm³/mol. The zero-order chi connectivity index (χ0) is 12.3. The van der Waals surface area contributed by atoms with Crippen molar-refractivity contribution in [2.75, 3.05) is 0 Å². The van der Waals surface area contributed by atoms with E-state index in [0.717, 1.165) is 5.56 Å². The van der Waals surface area contributed by atoms with E-state index in [2.05, 4.69) is 26.2 Å². The number of nitrogens with one attached hydrogen (secondary N) is 1. The molecule has 2 nitrogen and oxygen atoms in total. The third-order valence-corrected chi connectivity index (χ3v) is 3.05. The Bertz CT molecular complexity index is 361. The molecule has 1 aromatic rings. The summed E-state index contributed by atoms with van der Waals surface area (Å²) >= 11 is 6.01. The molecule has 90 valence electrons. The average molecular weight is 245 g/mol. The van der Waals surface area contributed by atoms with Gasteiger partial charge in [0.05, 0.1) is 0 Å². The second kappa shape index (κ2) is 5.13. The highest BCUT2D eigenvalue weighted by Gasteiger charge is 2.24. The molecule has 0 aliphatic heterocycles. The Balaban J connectivity index is 2.90. The molecular weight excluding hydrogens is 227 g/mol. The summed E-state index contributed by atoms with van der Waals surface area (Å²) in [5.41, 5.74) is 3.52. The highest BCUT2D eigenvalue weighted by Crippen LogP contribution is 2.25. The maximum absolute atomic E-state index is 13.1. The Kier molecular flexibility index (Phi) is 4.30. The number of benzene rings is 1. The molecule has 3 N–H and O–H groups in total. The lowest BCUT2D eigenvalue weighted by molar-refractivity contribution is 0.268. The first kappa shape index (κ1) is 13.4. The maximum Gasteiger partial charge on any atom is 0.123 e. The van der Waals surface area contributed by atoms with Crippen LogP contribution in [0.3, 0.4) is 0 Å². The topological polar surface area (TPSA) is 38.0 Å². The summed E-state index contributed by atoms with van der Waals surface area (Å²) in [5, 5.41) is 0.575. The number of nitrogens with two attached hydrogens (primary N) is 1. The van der Waals surface area contributed by atoms with Crippen LogP contribution in [-0.2, 0) is 6.42 Å². The van der Waals surface area contributed by atoms with Gasteiger partial charge < -0.3 is 0 Å². The van der Waals surface area contributed by atoms with Crippen LogP contribution in [0.25, 0.3) is 0 Å². The van der Waals surface area contributed by atoms with E-state index in [0.29, 0.717) is 11.4 Å². The van der Waals surface area contributed by atoms with Crippen molar-refractivity contribution in [2.24, 2.45) is 11.3 Å². The molecule has 0 aromatic heterocycles. The Morgan fingerprint density at radius 1 is 1.44 bits per heavy atom. The lowest BCUT2D eigenvalue weighted by Crippen LogP contribution is -2.45. The molecule has 0 heterocycles. The maximum atomic E-state index is 13.1. The summed E-state index contributed by atoms with van der Waals surface area (Å²) in [4.78, 5) is 0. The third kappa shape index (κ3) is 3.44. The number of hydrogen-bond donors (Lipinski definition) is 2. The van der Waals surface area contributed by atoms with Gasteiger partial charge in [0.25, 0.3) is 0 Å². The lowest BCUT2D eigenvalue weighted by atomic mass is 9.83. The van der Waals surface area contributed by atoms with Gasteiger partial charge in [-0.1, -0.05) is 32.4 Å². The molecular formula is C12H18ClFN2. The van der Waals surface area contributed by atoms with E-state index in [4.69, 9.17) is 17.4 Å². The van der Waals surface area contributed by atoms with Crippen LogP contribution in [0.4, 0.5) is 4.39 Å². The van der Waals surface area contributed by atoms with Crippen molar-refractivity contribution in [3.63, 3.8) is 0 Å². The normalized spacial score (nSPS) is 13.9. The Morgan fingerprint density at radius 2 is 2.06 bits per heavy atom. The molecule has 0 amide bonds. The quantitative estimate of drug-likeness (QED) is 0.634. The second-order valence-electron chi connectivity index (χ2n) is 5.03. The van der Waals surface area contributed by atoms with Crippen LogP contribution in [0.1, 0.15) is 26.3 Å². The van der Waals surface area contributed by atoms with Gasteiger partial charge in [0.2, 0.25) is 0 Å².